The molecule has 2 heterocycles. The summed E-state index contributed by atoms with van der Waals surface area (Å²) in [6, 6.07) is 1.34. The maximum Gasteiger partial charge on any atom is 0.341 e. The molecule has 1 amide bonds. The van der Waals surface area contributed by atoms with Crippen LogP contribution in [-0.2, 0) is 17.6 Å². The fourth-order valence-corrected chi connectivity index (χ4v) is 4.28. The number of carboxylic acids is 1. The number of aryl methyl sites for hydroxylation is 1. The number of carboxylic acid groups (broad SMARTS) is 1. The average Bonchev–Trinajstić information content (AvgIpc) is 2.99. The molecule has 0 atom stereocenters. The lowest BCUT2D eigenvalue weighted by molar-refractivity contribution is 0.0526. The summed E-state index contributed by atoms with van der Waals surface area (Å²) in [7, 11) is 0. The van der Waals surface area contributed by atoms with Crippen LogP contribution in [0.3, 0.4) is 0 Å². The summed E-state index contributed by atoms with van der Waals surface area (Å²) in [5.74, 6) is -2.29. The lowest BCUT2D eigenvalue weighted by Gasteiger charge is -2.12. The van der Waals surface area contributed by atoms with Crippen molar-refractivity contribution in [3.63, 3.8) is 0 Å². The van der Waals surface area contributed by atoms with E-state index >= 15 is 0 Å². The maximum atomic E-state index is 12.6. The quantitative estimate of drug-likeness (QED) is 0.779. The van der Waals surface area contributed by atoms with Gasteiger partial charge in [-0.1, -0.05) is 0 Å². The highest BCUT2D eigenvalue weighted by molar-refractivity contribution is 7.17. The van der Waals surface area contributed by atoms with Gasteiger partial charge in [-0.05, 0) is 44.2 Å². The van der Waals surface area contributed by atoms with Crippen molar-refractivity contribution >= 4 is 34.2 Å². The van der Waals surface area contributed by atoms with Crippen LogP contribution >= 0.6 is 11.3 Å². The smallest absolute Gasteiger partial charge is 0.341 e. The molecule has 136 valence electrons. The van der Waals surface area contributed by atoms with Gasteiger partial charge in [0.1, 0.15) is 5.00 Å². The Labute approximate surface area is 154 Å². The molecule has 1 aliphatic carbocycles. The highest BCUT2D eigenvalue weighted by Crippen LogP contribution is 2.38. The van der Waals surface area contributed by atoms with E-state index in [1.807, 2.05) is 0 Å². The zero-order chi connectivity index (χ0) is 18.7. The molecule has 2 N–H and O–H groups in total. The normalized spacial score (nSPS) is 13.0. The number of nitrogens with one attached hydrogen (secondary N) is 1. The average molecular weight is 374 g/mol. The van der Waals surface area contributed by atoms with E-state index in [0.717, 1.165) is 42.3 Å². The molecule has 3 rings (SSSR count). The number of amides is 1. The van der Waals surface area contributed by atoms with Gasteiger partial charge in [0.25, 0.3) is 5.91 Å². The highest BCUT2D eigenvalue weighted by Gasteiger charge is 2.28. The number of anilines is 1. The van der Waals surface area contributed by atoms with E-state index in [9.17, 15) is 19.5 Å². The van der Waals surface area contributed by atoms with Crippen molar-refractivity contribution in [2.45, 2.75) is 32.6 Å². The van der Waals surface area contributed by atoms with E-state index < -0.39 is 17.8 Å². The molecule has 7 nitrogen and oxygen atoms in total. The monoisotopic (exact) mass is 374 g/mol. The second-order valence-electron chi connectivity index (χ2n) is 5.82. The van der Waals surface area contributed by atoms with Gasteiger partial charge in [-0.3, -0.25) is 9.78 Å². The van der Waals surface area contributed by atoms with E-state index in [-0.39, 0.29) is 17.7 Å². The SMILES string of the molecule is CCOC(=O)c1c(NC(=O)c2ccncc2C(=O)O)sc2c1CCCC2. The summed E-state index contributed by atoms with van der Waals surface area (Å²) in [5.41, 5.74) is 1.13. The minimum Gasteiger partial charge on any atom is -0.478 e. The van der Waals surface area contributed by atoms with Crippen LogP contribution in [0.4, 0.5) is 5.00 Å². The third-order valence-corrected chi connectivity index (χ3v) is 5.38. The number of pyridine rings is 1. The molecule has 0 fully saturated rings. The Morgan fingerprint density at radius 1 is 1.27 bits per heavy atom. The first-order valence-electron chi connectivity index (χ1n) is 8.33. The first-order valence-corrected chi connectivity index (χ1v) is 9.14. The molecule has 0 radical (unpaired) electrons. The molecule has 2 aromatic rings. The minimum atomic E-state index is -1.24. The van der Waals surface area contributed by atoms with E-state index in [0.29, 0.717) is 10.6 Å². The van der Waals surface area contributed by atoms with Gasteiger partial charge in [0.15, 0.2) is 0 Å². The molecular formula is C18H18N2O5S. The fourth-order valence-electron chi connectivity index (χ4n) is 3.01. The molecule has 2 aromatic heterocycles. The minimum absolute atomic E-state index is 0.00585. The third-order valence-electron chi connectivity index (χ3n) is 4.17. The Bertz CT molecular complexity index is 874. The van der Waals surface area contributed by atoms with Crippen LogP contribution in [-0.4, -0.2) is 34.5 Å². The number of hydrogen-bond donors (Lipinski definition) is 2. The molecule has 26 heavy (non-hydrogen) atoms. The second-order valence-corrected chi connectivity index (χ2v) is 6.92. The number of thiophene rings is 1. The van der Waals surface area contributed by atoms with Gasteiger partial charge in [-0.15, -0.1) is 11.3 Å². The summed E-state index contributed by atoms with van der Waals surface area (Å²) in [4.78, 5) is 41.2. The molecule has 0 saturated heterocycles. The van der Waals surface area contributed by atoms with Crippen molar-refractivity contribution in [2.75, 3.05) is 11.9 Å². The van der Waals surface area contributed by atoms with Crippen molar-refractivity contribution in [3.8, 4) is 0 Å². The molecule has 0 spiro atoms. The summed E-state index contributed by atoms with van der Waals surface area (Å²) in [6.45, 7) is 1.97. The van der Waals surface area contributed by atoms with Gasteiger partial charge in [0, 0.05) is 17.3 Å². The Kier molecular flexibility index (Phi) is 5.32. The van der Waals surface area contributed by atoms with Gasteiger partial charge in [-0.2, -0.15) is 0 Å². The highest BCUT2D eigenvalue weighted by atomic mass is 32.1. The number of fused-ring (bicyclic) bond motifs is 1. The first-order chi connectivity index (χ1) is 12.5. The number of aromatic nitrogens is 1. The Hall–Kier alpha value is -2.74. The van der Waals surface area contributed by atoms with Crippen molar-refractivity contribution in [3.05, 3.63) is 45.6 Å². The third kappa shape index (κ3) is 3.45. The zero-order valence-corrected chi connectivity index (χ0v) is 15.0. The predicted molar refractivity (Wildman–Crippen MR) is 96.1 cm³/mol. The molecule has 8 heteroatoms. The van der Waals surface area contributed by atoms with Crippen molar-refractivity contribution in [2.24, 2.45) is 0 Å². The first kappa shape index (κ1) is 18.1. The van der Waals surface area contributed by atoms with Crippen molar-refractivity contribution < 1.29 is 24.2 Å². The van der Waals surface area contributed by atoms with Crippen LogP contribution < -0.4 is 5.32 Å². The molecule has 1 aliphatic rings. The second kappa shape index (κ2) is 7.65. The van der Waals surface area contributed by atoms with Crippen LogP contribution in [0.15, 0.2) is 18.5 Å². The fraction of sp³-hybridized carbons (Fsp3) is 0.333. The van der Waals surface area contributed by atoms with E-state index in [2.05, 4.69) is 10.3 Å². The number of nitrogens with zero attached hydrogens (tertiary/aromatic N) is 1. The predicted octanol–water partition coefficient (Wildman–Crippen LogP) is 3.15. The van der Waals surface area contributed by atoms with Crippen LogP contribution in [0.2, 0.25) is 0 Å². The summed E-state index contributed by atoms with van der Waals surface area (Å²) >= 11 is 1.36. The van der Waals surface area contributed by atoms with Crippen molar-refractivity contribution in [1.29, 1.82) is 0 Å². The molecule has 0 bridgehead atoms. The Balaban J connectivity index is 1.97. The lowest BCUT2D eigenvalue weighted by atomic mass is 9.95. The number of rotatable bonds is 5. The van der Waals surface area contributed by atoms with Gasteiger partial charge in [-0.25, -0.2) is 9.59 Å². The molecule has 0 unspecified atom stereocenters. The van der Waals surface area contributed by atoms with Gasteiger partial charge in [0.2, 0.25) is 0 Å². The topological polar surface area (TPSA) is 106 Å². The molecule has 0 saturated carbocycles. The number of aromatic carboxylic acids is 1. The van der Waals surface area contributed by atoms with Gasteiger partial charge in [0.05, 0.1) is 23.3 Å². The van der Waals surface area contributed by atoms with Crippen LogP contribution in [0, 0.1) is 0 Å². The Morgan fingerprint density at radius 3 is 2.77 bits per heavy atom. The summed E-state index contributed by atoms with van der Waals surface area (Å²) < 4.78 is 5.15. The van der Waals surface area contributed by atoms with E-state index in [1.54, 1.807) is 6.92 Å². The molecule has 0 aromatic carbocycles. The zero-order valence-electron chi connectivity index (χ0n) is 14.2. The number of hydrogen-bond acceptors (Lipinski definition) is 6. The number of esters is 1. The van der Waals surface area contributed by atoms with Gasteiger partial charge >= 0.3 is 11.9 Å². The van der Waals surface area contributed by atoms with E-state index in [4.69, 9.17) is 4.74 Å². The lowest BCUT2D eigenvalue weighted by Crippen LogP contribution is -2.18. The molecular weight excluding hydrogens is 356 g/mol. The summed E-state index contributed by atoms with van der Waals surface area (Å²) in [6.07, 6.45) is 6.13. The van der Waals surface area contributed by atoms with Gasteiger partial charge < -0.3 is 15.2 Å². The maximum absolute atomic E-state index is 12.6. The van der Waals surface area contributed by atoms with Crippen LogP contribution in [0.1, 0.15) is 61.3 Å². The van der Waals surface area contributed by atoms with Crippen LogP contribution in [0.5, 0.6) is 0 Å². The number of carbonyl (C=O) groups is 3. The van der Waals surface area contributed by atoms with Crippen LogP contribution in [0.25, 0.3) is 0 Å². The number of carbonyl (C=O) groups excluding carboxylic acids is 2. The largest absolute Gasteiger partial charge is 0.478 e. The van der Waals surface area contributed by atoms with E-state index in [1.165, 1.54) is 23.6 Å². The summed E-state index contributed by atoms with van der Waals surface area (Å²) in [5, 5.41) is 12.4. The standard InChI is InChI=1S/C18H18N2O5S/c1-2-25-18(24)14-11-5-3-4-6-13(11)26-16(14)20-15(21)10-7-8-19-9-12(10)17(22)23/h7-9H,2-6H2,1H3,(H,20,21)(H,22,23). The molecule has 0 aliphatic heterocycles. The number of ether oxygens (including phenoxy) is 1. The van der Waals surface area contributed by atoms with Crippen molar-refractivity contribution in [1.82, 2.24) is 4.98 Å². The Morgan fingerprint density at radius 2 is 2.04 bits per heavy atom.